The summed E-state index contributed by atoms with van der Waals surface area (Å²) in [6, 6.07) is 0. The van der Waals surface area contributed by atoms with Crippen molar-refractivity contribution in [3.8, 4) is 0 Å². The van der Waals surface area contributed by atoms with Crippen LogP contribution in [0.5, 0.6) is 0 Å². The van der Waals surface area contributed by atoms with Crippen LogP contribution < -0.4 is 0 Å². The number of rotatable bonds is 12. The molecule has 0 aromatic carbocycles. The van der Waals surface area contributed by atoms with Crippen LogP contribution in [0.2, 0.25) is 0 Å². The maximum absolute atomic E-state index is 10.2. The molecule has 0 aliphatic rings. The van der Waals surface area contributed by atoms with Crippen LogP contribution in [-0.2, 0) is 19.4 Å². The van der Waals surface area contributed by atoms with Crippen LogP contribution in [0.15, 0.2) is 0 Å². The molecule has 0 spiro atoms. The van der Waals surface area contributed by atoms with Crippen LogP contribution in [0.4, 0.5) is 0 Å². The first kappa shape index (κ1) is 27.2. The predicted octanol–water partition coefficient (Wildman–Crippen LogP) is 3.17. The van der Waals surface area contributed by atoms with E-state index in [0.717, 1.165) is 19.8 Å². The van der Waals surface area contributed by atoms with Crippen molar-refractivity contribution < 1.29 is 27.1 Å². The van der Waals surface area contributed by atoms with Crippen LogP contribution in [0, 0.1) is 0 Å². The summed E-state index contributed by atoms with van der Waals surface area (Å²) in [5, 5.41) is 7.42. The minimum atomic E-state index is -4.23. The number of hydrogen-bond donors (Lipinski definition) is 2. The molecule has 0 atom stereocenters. The minimum absolute atomic E-state index is 0. The van der Waals surface area contributed by atoms with Crippen LogP contribution >= 0.6 is 0 Å². The van der Waals surface area contributed by atoms with Gasteiger partial charge in [-0.25, -0.2) is 4.18 Å². The molecule has 0 heterocycles. The van der Waals surface area contributed by atoms with Crippen LogP contribution in [0.1, 0.15) is 78.1 Å². The van der Waals surface area contributed by atoms with E-state index < -0.39 is 16.4 Å². The molecule has 130 valence electrons. The Morgan fingerprint density at radius 3 is 1.55 bits per heavy atom. The standard InChI is InChI=1S/C12H26O4S.C2H4O2.Na.H/c1-2-3-4-5-6-7-8-9-10-11-12-16-17(13,14)15;1-2(3)4;;/h2-12H2,1H3,(H,13,14,15);1H3,(H,3,4);;. The summed E-state index contributed by atoms with van der Waals surface area (Å²) in [7, 11) is -4.23. The molecule has 2 N–H and O–H groups in total. The molecule has 8 heteroatoms. The van der Waals surface area contributed by atoms with Gasteiger partial charge in [0.05, 0.1) is 6.61 Å². The number of carboxylic acid groups (broad SMARTS) is 1. The monoisotopic (exact) mass is 350 g/mol. The molecule has 0 aromatic heterocycles. The number of hydrogen-bond acceptors (Lipinski definition) is 4. The summed E-state index contributed by atoms with van der Waals surface area (Å²) < 4.78 is 33.0. The molecule has 0 radical (unpaired) electrons. The number of carbonyl (C=O) groups is 1. The predicted molar refractivity (Wildman–Crippen MR) is 89.8 cm³/mol. The SMILES string of the molecule is CC(=O)O.CCCCCCCCCCCCOS(=O)(=O)O.[NaH]. The molecule has 22 heavy (non-hydrogen) atoms. The van der Waals surface area contributed by atoms with Gasteiger partial charge in [0.25, 0.3) is 5.97 Å². The van der Waals surface area contributed by atoms with Gasteiger partial charge in [0, 0.05) is 6.92 Å². The second-order valence-electron chi connectivity index (χ2n) is 4.95. The number of unbranched alkanes of at least 4 members (excludes halogenated alkanes) is 9. The van der Waals surface area contributed by atoms with Gasteiger partial charge in [-0.3, -0.25) is 9.35 Å². The van der Waals surface area contributed by atoms with Crippen molar-refractivity contribution in [3.63, 3.8) is 0 Å². The van der Waals surface area contributed by atoms with Crippen molar-refractivity contribution in [2.75, 3.05) is 6.61 Å². The fourth-order valence-electron chi connectivity index (χ4n) is 1.75. The summed E-state index contributed by atoms with van der Waals surface area (Å²) in [6.07, 6.45) is 11.9. The molecule has 0 amide bonds. The van der Waals surface area contributed by atoms with E-state index in [0.29, 0.717) is 6.42 Å². The van der Waals surface area contributed by atoms with Crippen LogP contribution in [0.25, 0.3) is 0 Å². The molecule has 0 rings (SSSR count). The quantitative estimate of drug-likeness (QED) is 0.318. The van der Waals surface area contributed by atoms with Gasteiger partial charge in [-0.2, -0.15) is 8.42 Å². The van der Waals surface area contributed by atoms with Gasteiger partial charge in [0.1, 0.15) is 0 Å². The molecule has 0 aromatic rings. The van der Waals surface area contributed by atoms with Gasteiger partial charge in [0.2, 0.25) is 0 Å². The molecular formula is C14H31NaO6S. The third kappa shape index (κ3) is 37.0. The Morgan fingerprint density at radius 1 is 0.909 bits per heavy atom. The fraction of sp³-hybridized carbons (Fsp3) is 0.929. The van der Waals surface area contributed by atoms with E-state index >= 15 is 0 Å². The van der Waals surface area contributed by atoms with E-state index in [9.17, 15) is 8.42 Å². The second kappa shape index (κ2) is 19.4. The first-order chi connectivity index (χ1) is 9.79. The van der Waals surface area contributed by atoms with E-state index in [1.165, 1.54) is 44.9 Å². The zero-order valence-corrected chi connectivity index (χ0v) is 14.0. The molecule has 0 saturated carbocycles. The molecule has 0 saturated heterocycles. The van der Waals surface area contributed by atoms with E-state index in [2.05, 4.69) is 11.1 Å². The van der Waals surface area contributed by atoms with Crippen LogP contribution in [-0.4, -0.2) is 60.2 Å². The first-order valence-electron chi connectivity index (χ1n) is 7.61. The van der Waals surface area contributed by atoms with Gasteiger partial charge in [-0.15, -0.1) is 0 Å². The number of aliphatic carboxylic acids is 1. The van der Waals surface area contributed by atoms with E-state index in [4.69, 9.17) is 14.5 Å². The Bertz CT molecular complexity index is 328. The van der Waals surface area contributed by atoms with Crippen molar-refractivity contribution in [2.45, 2.75) is 78.1 Å². The molecule has 0 bridgehead atoms. The average Bonchev–Trinajstić information content (AvgIpc) is 2.34. The Labute approximate surface area is 157 Å². The normalized spacial score (nSPS) is 10.3. The van der Waals surface area contributed by atoms with Crippen molar-refractivity contribution in [1.29, 1.82) is 0 Å². The third-order valence-corrected chi connectivity index (χ3v) is 3.19. The molecule has 6 nitrogen and oxygen atoms in total. The zero-order valence-electron chi connectivity index (χ0n) is 13.2. The average molecular weight is 350 g/mol. The van der Waals surface area contributed by atoms with Gasteiger partial charge < -0.3 is 5.11 Å². The molecule has 0 aliphatic carbocycles. The maximum atomic E-state index is 10.2. The first-order valence-corrected chi connectivity index (χ1v) is 8.97. The van der Waals surface area contributed by atoms with Gasteiger partial charge in [-0.05, 0) is 6.42 Å². The second-order valence-corrected chi connectivity index (χ2v) is 6.04. The number of carboxylic acids is 1. The summed E-state index contributed by atoms with van der Waals surface area (Å²) in [6.45, 7) is 3.39. The van der Waals surface area contributed by atoms with Crippen LogP contribution in [0.3, 0.4) is 0 Å². The third-order valence-electron chi connectivity index (χ3n) is 2.73. The molecule has 0 unspecified atom stereocenters. The molecule has 0 aliphatic heterocycles. The van der Waals surface area contributed by atoms with Gasteiger partial charge >= 0.3 is 40.0 Å². The molecule has 0 fully saturated rings. The Morgan fingerprint density at radius 2 is 1.23 bits per heavy atom. The van der Waals surface area contributed by atoms with E-state index in [1.807, 2.05) is 0 Å². The van der Waals surface area contributed by atoms with Crippen molar-refractivity contribution >= 4 is 45.9 Å². The Hall–Kier alpha value is 0.340. The van der Waals surface area contributed by atoms with E-state index in [-0.39, 0.29) is 36.2 Å². The van der Waals surface area contributed by atoms with Crippen molar-refractivity contribution in [3.05, 3.63) is 0 Å². The van der Waals surface area contributed by atoms with Gasteiger partial charge in [-0.1, -0.05) is 64.7 Å². The van der Waals surface area contributed by atoms with E-state index in [1.54, 1.807) is 0 Å². The van der Waals surface area contributed by atoms with Crippen molar-refractivity contribution in [1.82, 2.24) is 0 Å². The summed E-state index contributed by atoms with van der Waals surface area (Å²) in [5.74, 6) is -0.833. The summed E-state index contributed by atoms with van der Waals surface area (Å²) in [5.41, 5.74) is 0. The van der Waals surface area contributed by atoms with Crippen molar-refractivity contribution in [2.24, 2.45) is 0 Å². The topological polar surface area (TPSA) is 101 Å². The zero-order chi connectivity index (χ0) is 16.6. The van der Waals surface area contributed by atoms with Gasteiger partial charge in [0.15, 0.2) is 0 Å². The summed E-state index contributed by atoms with van der Waals surface area (Å²) >= 11 is 0. The summed E-state index contributed by atoms with van der Waals surface area (Å²) in [4.78, 5) is 9.00. The fourth-order valence-corrected chi connectivity index (χ4v) is 2.08. The Kier molecular flexibility index (Phi) is 24.0. The Balaban J connectivity index is -0.000000640. The molecular weight excluding hydrogens is 319 g/mol.